The largest absolute Gasteiger partial charge is 0.341 e. The summed E-state index contributed by atoms with van der Waals surface area (Å²) in [6.45, 7) is 10.7. The number of Topliss-reactive ketones (excluding diaryl/α,β-unsaturated/α-hetero) is 2. The van der Waals surface area contributed by atoms with Crippen molar-refractivity contribution in [3.63, 3.8) is 0 Å². The topological polar surface area (TPSA) is 112 Å². The Kier molecular flexibility index (Phi) is 8.00. The van der Waals surface area contributed by atoms with Gasteiger partial charge in [-0.3, -0.25) is 18.9 Å². The average molecular weight is 363 g/mol. The zero-order chi connectivity index (χ0) is 19.3. The van der Waals surface area contributed by atoms with Crippen LogP contribution >= 0.6 is 7.60 Å². The minimum Gasteiger partial charge on any atom is -0.341 e. The molecule has 140 valence electrons. The van der Waals surface area contributed by atoms with Crippen molar-refractivity contribution in [3.8, 4) is 0 Å². The minimum absolute atomic E-state index is 0.0480. The van der Waals surface area contributed by atoms with Gasteiger partial charge in [-0.2, -0.15) is 0 Å². The van der Waals surface area contributed by atoms with Crippen LogP contribution in [0.3, 0.4) is 0 Å². The van der Waals surface area contributed by atoms with E-state index in [1.54, 1.807) is 41.5 Å². The van der Waals surface area contributed by atoms with Gasteiger partial charge in [0.25, 0.3) is 0 Å². The quantitative estimate of drug-likeness (QED) is 0.638. The van der Waals surface area contributed by atoms with E-state index in [1.807, 2.05) is 0 Å². The van der Waals surface area contributed by atoms with Gasteiger partial charge in [-0.05, 0) is 0 Å². The molecule has 0 aliphatic carbocycles. The summed E-state index contributed by atoms with van der Waals surface area (Å²) < 4.78 is 11.1. The summed E-state index contributed by atoms with van der Waals surface area (Å²) in [6.07, 6.45) is -0.749. The highest BCUT2D eigenvalue weighted by Gasteiger charge is 2.28. The van der Waals surface area contributed by atoms with Crippen LogP contribution in [0, 0.1) is 10.8 Å². The molecule has 0 heterocycles. The molecule has 0 aromatic heterocycles. The maximum absolute atomic E-state index is 12.1. The lowest BCUT2D eigenvalue weighted by Crippen LogP contribution is -2.38. The van der Waals surface area contributed by atoms with Gasteiger partial charge in [0.15, 0.2) is 0 Å². The van der Waals surface area contributed by atoms with Crippen LogP contribution in [0.15, 0.2) is 0 Å². The van der Waals surface area contributed by atoms with Gasteiger partial charge in [-0.25, -0.2) is 0 Å². The molecule has 7 nitrogen and oxygen atoms in total. The summed E-state index contributed by atoms with van der Waals surface area (Å²) in [4.78, 5) is 55.3. The first kappa shape index (κ1) is 23.0. The third-order valence-electron chi connectivity index (χ3n) is 3.58. The maximum atomic E-state index is 12.1. The average Bonchev–Trinajstić information content (AvgIpc) is 2.33. The van der Waals surface area contributed by atoms with Gasteiger partial charge < -0.3 is 14.7 Å². The zero-order valence-corrected chi connectivity index (χ0v) is 16.4. The zero-order valence-electron chi connectivity index (χ0n) is 15.5. The van der Waals surface area contributed by atoms with Crippen LogP contribution in [0.2, 0.25) is 0 Å². The normalized spacial score (nSPS) is 12.8. The number of ketones is 2. The number of carbonyl (C=O) groups excluding carboxylic acids is 3. The monoisotopic (exact) mass is 363 g/mol. The van der Waals surface area contributed by atoms with Gasteiger partial charge in [0.05, 0.1) is 0 Å². The number of hydrogen-bond donors (Lipinski definition) is 2. The molecule has 0 aliphatic rings. The molecule has 0 rings (SSSR count). The minimum atomic E-state index is -4.50. The van der Waals surface area contributed by atoms with Crippen LogP contribution in [0.5, 0.6) is 0 Å². The van der Waals surface area contributed by atoms with E-state index >= 15 is 0 Å². The van der Waals surface area contributed by atoms with Gasteiger partial charge in [0.2, 0.25) is 5.91 Å². The predicted octanol–water partition coefficient (Wildman–Crippen LogP) is 2.00. The Bertz CT molecular complexity index is 494. The molecule has 8 heteroatoms. The van der Waals surface area contributed by atoms with Gasteiger partial charge in [-0.15, -0.1) is 0 Å². The van der Waals surface area contributed by atoms with Gasteiger partial charge in [0.1, 0.15) is 17.7 Å². The van der Waals surface area contributed by atoms with Crippen LogP contribution in [0.4, 0.5) is 0 Å². The molecule has 0 radical (unpaired) electrons. The Balaban J connectivity index is 4.96. The number of amides is 1. The van der Waals surface area contributed by atoms with Crippen molar-refractivity contribution >= 4 is 25.1 Å². The maximum Gasteiger partial charge on any atom is 0.334 e. The number of carbonyl (C=O) groups is 3. The molecular formula is C16H30NO6P. The second-order valence-corrected chi connectivity index (χ2v) is 9.70. The van der Waals surface area contributed by atoms with E-state index < -0.39 is 30.5 Å². The van der Waals surface area contributed by atoms with Crippen LogP contribution in [-0.2, 0) is 18.9 Å². The lowest BCUT2D eigenvalue weighted by atomic mass is 9.88. The Labute approximate surface area is 144 Å². The standard InChI is InChI=1S/C16H30NO6P/c1-15(2,3)12(18)7-9-17(14(20)11-24(21,22)23)10-8-13(19)16(4,5)6/h7-11H2,1-6H3,(H2,21,22,23). The van der Waals surface area contributed by atoms with E-state index in [9.17, 15) is 18.9 Å². The Hall–Kier alpha value is -1.04. The molecule has 0 saturated heterocycles. The highest BCUT2D eigenvalue weighted by molar-refractivity contribution is 7.52. The molecule has 0 aromatic carbocycles. The SMILES string of the molecule is CC(C)(C)C(=O)CCN(CCC(=O)C(C)(C)C)C(=O)CP(=O)(O)O. The fraction of sp³-hybridized carbons (Fsp3) is 0.812. The fourth-order valence-electron chi connectivity index (χ4n) is 1.86. The van der Waals surface area contributed by atoms with E-state index in [2.05, 4.69) is 0 Å². The van der Waals surface area contributed by atoms with Crippen molar-refractivity contribution in [2.45, 2.75) is 54.4 Å². The third-order valence-corrected chi connectivity index (χ3v) is 4.27. The molecule has 0 bridgehead atoms. The summed E-state index contributed by atoms with van der Waals surface area (Å²) >= 11 is 0. The van der Waals surface area contributed by atoms with E-state index in [1.165, 1.54) is 4.90 Å². The van der Waals surface area contributed by atoms with Gasteiger partial charge >= 0.3 is 7.60 Å². The van der Waals surface area contributed by atoms with Crippen molar-refractivity contribution in [1.29, 1.82) is 0 Å². The Morgan fingerprint density at radius 1 is 0.833 bits per heavy atom. The molecule has 0 atom stereocenters. The summed E-state index contributed by atoms with van der Waals surface area (Å²) in [6, 6.07) is 0. The molecule has 0 aromatic rings. The van der Waals surface area contributed by atoms with Crippen molar-refractivity contribution in [2.24, 2.45) is 10.8 Å². The lowest BCUT2D eigenvalue weighted by molar-refractivity contribution is -0.132. The van der Waals surface area contributed by atoms with Crippen LogP contribution in [0.1, 0.15) is 54.4 Å². The summed E-state index contributed by atoms with van der Waals surface area (Å²) in [5, 5.41) is 0. The molecule has 1 amide bonds. The first-order valence-electron chi connectivity index (χ1n) is 7.93. The second kappa shape index (κ2) is 8.37. The fourth-order valence-corrected chi connectivity index (χ4v) is 2.41. The van der Waals surface area contributed by atoms with Crippen molar-refractivity contribution in [1.82, 2.24) is 4.90 Å². The third kappa shape index (κ3) is 9.30. The van der Waals surface area contributed by atoms with Crippen molar-refractivity contribution in [3.05, 3.63) is 0 Å². The Morgan fingerprint density at radius 2 is 1.17 bits per heavy atom. The number of rotatable bonds is 8. The van der Waals surface area contributed by atoms with E-state index in [4.69, 9.17) is 9.79 Å². The second-order valence-electron chi connectivity index (χ2n) is 8.05. The predicted molar refractivity (Wildman–Crippen MR) is 91.6 cm³/mol. The molecule has 0 saturated carbocycles. The van der Waals surface area contributed by atoms with Gasteiger partial charge in [0, 0.05) is 36.8 Å². The highest BCUT2D eigenvalue weighted by atomic mass is 31.2. The molecule has 2 N–H and O–H groups in total. The van der Waals surface area contributed by atoms with Crippen LogP contribution in [0.25, 0.3) is 0 Å². The summed E-state index contributed by atoms with van der Waals surface area (Å²) in [5.74, 6) is -0.857. The Morgan fingerprint density at radius 3 is 1.42 bits per heavy atom. The first-order valence-corrected chi connectivity index (χ1v) is 9.73. The van der Waals surface area contributed by atoms with E-state index in [0.717, 1.165) is 0 Å². The lowest BCUT2D eigenvalue weighted by Gasteiger charge is -2.26. The summed E-state index contributed by atoms with van der Waals surface area (Å²) in [7, 11) is -4.50. The molecule has 0 fully saturated rings. The van der Waals surface area contributed by atoms with E-state index in [0.29, 0.717) is 0 Å². The number of hydrogen-bond acceptors (Lipinski definition) is 4. The molecule has 0 spiro atoms. The molecule has 0 aliphatic heterocycles. The molecular weight excluding hydrogens is 333 g/mol. The number of nitrogens with zero attached hydrogens (tertiary/aromatic N) is 1. The summed E-state index contributed by atoms with van der Waals surface area (Å²) in [5.41, 5.74) is -1.11. The smallest absolute Gasteiger partial charge is 0.334 e. The van der Waals surface area contributed by atoms with Crippen molar-refractivity contribution < 1.29 is 28.7 Å². The molecule has 24 heavy (non-hydrogen) atoms. The van der Waals surface area contributed by atoms with Gasteiger partial charge in [-0.1, -0.05) is 41.5 Å². The first-order chi connectivity index (χ1) is 10.5. The molecule has 0 unspecified atom stereocenters. The van der Waals surface area contributed by atoms with E-state index in [-0.39, 0.29) is 37.5 Å². The highest BCUT2D eigenvalue weighted by Crippen LogP contribution is 2.34. The van der Waals surface area contributed by atoms with Crippen LogP contribution < -0.4 is 0 Å². The van der Waals surface area contributed by atoms with Crippen LogP contribution in [-0.4, -0.2) is 51.4 Å². The van der Waals surface area contributed by atoms with Crippen molar-refractivity contribution in [2.75, 3.05) is 19.3 Å².